The van der Waals surface area contributed by atoms with Crippen LogP contribution in [0.1, 0.15) is 30.0 Å². The molecule has 0 fully saturated rings. The average molecular weight is 147 g/mol. The van der Waals surface area contributed by atoms with Crippen LogP contribution in [-0.4, -0.2) is 10.2 Å². The monoisotopic (exact) mass is 147 g/mol. The van der Waals surface area contributed by atoms with Crippen LogP contribution in [0.4, 0.5) is 0 Å². The summed E-state index contributed by atoms with van der Waals surface area (Å²) in [4.78, 5) is 0. The molecule has 1 heterocycles. The number of hydrogen-bond acceptors (Lipinski definition) is 2. The standard InChI is InChI=1S/C8H9N3/c9-4-6-2-1-3-7-5-10-11-8(6)7/h5-6H,1-3H2,(H,10,11). The smallest absolute Gasteiger partial charge is 0.0882 e. The summed E-state index contributed by atoms with van der Waals surface area (Å²) in [5.41, 5.74) is 2.27. The Morgan fingerprint density at radius 1 is 1.73 bits per heavy atom. The molecule has 56 valence electrons. The van der Waals surface area contributed by atoms with Crippen molar-refractivity contribution in [2.75, 3.05) is 0 Å². The molecule has 1 aliphatic carbocycles. The SMILES string of the molecule is N#CC1CCCc2cn[nH]c21. The summed E-state index contributed by atoms with van der Waals surface area (Å²) in [6.45, 7) is 0. The molecule has 0 amide bonds. The Kier molecular flexibility index (Phi) is 1.39. The van der Waals surface area contributed by atoms with Gasteiger partial charge in [0.05, 0.1) is 23.9 Å². The second-order valence-corrected chi connectivity index (χ2v) is 2.88. The summed E-state index contributed by atoms with van der Waals surface area (Å²) in [5.74, 6) is 0.0567. The number of H-pyrrole nitrogens is 1. The maximum Gasteiger partial charge on any atom is 0.0882 e. The van der Waals surface area contributed by atoms with Gasteiger partial charge in [0, 0.05) is 0 Å². The lowest BCUT2D eigenvalue weighted by Gasteiger charge is -2.14. The Bertz CT molecular complexity index is 295. The fourth-order valence-corrected chi connectivity index (χ4v) is 1.59. The minimum absolute atomic E-state index is 0.0567. The van der Waals surface area contributed by atoms with Crippen molar-refractivity contribution >= 4 is 0 Å². The van der Waals surface area contributed by atoms with Crippen LogP contribution in [0.2, 0.25) is 0 Å². The number of fused-ring (bicyclic) bond motifs is 1. The van der Waals surface area contributed by atoms with Crippen LogP contribution in [0.3, 0.4) is 0 Å². The molecule has 3 heteroatoms. The second-order valence-electron chi connectivity index (χ2n) is 2.88. The Morgan fingerprint density at radius 3 is 3.45 bits per heavy atom. The van der Waals surface area contributed by atoms with Crippen molar-refractivity contribution in [3.63, 3.8) is 0 Å². The predicted octanol–water partition coefficient (Wildman–Crippen LogP) is 1.35. The molecule has 11 heavy (non-hydrogen) atoms. The van der Waals surface area contributed by atoms with E-state index in [1.807, 2.05) is 6.20 Å². The fourth-order valence-electron chi connectivity index (χ4n) is 1.59. The lowest BCUT2D eigenvalue weighted by molar-refractivity contribution is 0.625. The van der Waals surface area contributed by atoms with Crippen LogP contribution in [-0.2, 0) is 6.42 Å². The second kappa shape index (κ2) is 2.39. The maximum atomic E-state index is 8.76. The van der Waals surface area contributed by atoms with Crippen molar-refractivity contribution in [3.05, 3.63) is 17.5 Å². The van der Waals surface area contributed by atoms with Gasteiger partial charge in [0.2, 0.25) is 0 Å². The van der Waals surface area contributed by atoms with Crippen molar-refractivity contribution in [1.82, 2.24) is 10.2 Å². The molecule has 0 saturated carbocycles. The van der Waals surface area contributed by atoms with Gasteiger partial charge in [-0.3, -0.25) is 5.10 Å². The predicted molar refractivity (Wildman–Crippen MR) is 39.9 cm³/mol. The highest BCUT2D eigenvalue weighted by molar-refractivity contribution is 5.27. The highest BCUT2D eigenvalue weighted by Gasteiger charge is 2.20. The first-order valence-electron chi connectivity index (χ1n) is 3.83. The molecular weight excluding hydrogens is 138 g/mol. The van der Waals surface area contributed by atoms with E-state index in [2.05, 4.69) is 16.3 Å². The normalized spacial score (nSPS) is 22.3. The molecule has 1 N–H and O–H groups in total. The van der Waals surface area contributed by atoms with E-state index in [4.69, 9.17) is 5.26 Å². The summed E-state index contributed by atoms with van der Waals surface area (Å²) < 4.78 is 0. The van der Waals surface area contributed by atoms with Crippen molar-refractivity contribution in [1.29, 1.82) is 5.26 Å². The van der Waals surface area contributed by atoms with E-state index in [1.165, 1.54) is 5.56 Å². The molecule has 3 nitrogen and oxygen atoms in total. The Hall–Kier alpha value is -1.30. The molecule has 1 aromatic heterocycles. The topological polar surface area (TPSA) is 52.5 Å². The van der Waals surface area contributed by atoms with E-state index >= 15 is 0 Å². The summed E-state index contributed by atoms with van der Waals surface area (Å²) in [6, 6.07) is 2.27. The number of hydrogen-bond donors (Lipinski definition) is 1. The summed E-state index contributed by atoms with van der Waals surface area (Å²) >= 11 is 0. The molecule has 0 aliphatic heterocycles. The fraction of sp³-hybridized carbons (Fsp3) is 0.500. The van der Waals surface area contributed by atoms with Crippen molar-refractivity contribution in [2.45, 2.75) is 25.2 Å². The van der Waals surface area contributed by atoms with Crippen molar-refractivity contribution < 1.29 is 0 Å². The Balaban J connectivity index is 2.41. The van der Waals surface area contributed by atoms with Gasteiger partial charge in [-0.05, 0) is 24.8 Å². The van der Waals surface area contributed by atoms with Gasteiger partial charge in [0.15, 0.2) is 0 Å². The molecular formula is C8H9N3. The van der Waals surface area contributed by atoms with Gasteiger partial charge in [0.1, 0.15) is 0 Å². The lowest BCUT2D eigenvalue weighted by atomic mass is 9.89. The lowest BCUT2D eigenvalue weighted by Crippen LogP contribution is -2.06. The largest absolute Gasteiger partial charge is 0.281 e. The summed E-state index contributed by atoms with van der Waals surface area (Å²) in [7, 11) is 0. The molecule has 0 spiro atoms. The zero-order chi connectivity index (χ0) is 7.68. The third kappa shape index (κ3) is 0.911. The molecule has 0 saturated heterocycles. The first-order chi connectivity index (χ1) is 5.42. The van der Waals surface area contributed by atoms with Gasteiger partial charge < -0.3 is 0 Å². The van der Waals surface area contributed by atoms with E-state index in [-0.39, 0.29) is 5.92 Å². The van der Waals surface area contributed by atoms with E-state index < -0.39 is 0 Å². The quantitative estimate of drug-likeness (QED) is 0.602. The van der Waals surface area contributed by atoms with Crippen LogP contribution in [0, 0.1) is 11.3 Å². The van der Waals surface area contributed by atoms with Crippen LogP contribution in [0.5, 0.6) is 0 Å². The zero-order valence-electron chi connectivity index (χ0n) is 6.17. The van der Waals surface area contributed by atoms with Gasteiger partial charge in [-0.2, -0.15) is 10.4 Å². The first kappa shape index (κ1) is 6.41. The van der Waals surface area contributed by atoms with Gasteiger partial charge in [-0.25, -0.2) is 0 Å². The summed E-state index contributed by atoms with van der Waals surface area (Å²) in [6.07, 6.45) is 5.00. The molecule has 2 rings (SSSR count). The van der Waals surface area contributed by atoms with E-state index in [0.717, 1.165) is 25.0 Å². The third-order valence-electron chi connectivity index (χ3n) is 2.19. The van der Waals surface area contributed by atoms with Gasteiger partial charge in [0.25, 0.3) is 0 Å². The Labute approximate surface area is 65.0 Å². The van der Waals surface area contributed by atoms with Crippen molar-refractivity contribution in [3.8, 4) is 6.07 Å². The Morgan fingerprint density at radius 2 is 2.64 bits per heavy atom. The van der Waals surface area contributed by atoms with Crippen LogP contribution < -0.4 is 0 Å². The number of rotatable bonds is 0. The highest BCUT2D eigenvalue weighted by atomic mass is 15.1. The van der Waals surface area contributed by atoms with Gasteiger partial charge in [-0.15, -0.1) is 0 Å². The molecule has 1 aromatic rings. The van der Waals surface area contributed by atoms with Crippen molar-refractivity contribution in [2.24, 2.45) is 0 Å². The van der Waals surface area contributed by atoms with Crippen LogP contribution in [0.15, 0.2) is 6.20 Å². The zero-order valence-corrected chi connectivity index (χ0v) is 6.17. The number of nitriles is 1. The molecule has 1 atom stereocenters. The minimum Gasteiger partial charge on any atom is -0.281 e. The third-order valence-corrected chi connectivity index (χ3v) is 2.19. The summed E-state index contributed by atoms with van der Waals surface area (Å²) in [5, 5.41) is 15.6. The van der Waals surface area contributed by atoms with Gasteiger partial charge in [-0.1, -0.05) is 0 Å². The number of aromatic nitrogens is 2. The van der Waals surface area contributed by atoms with E-state index in [1.54, 1.807) is 0 Å². The molecule has 0 bridgehead atoms. The van der Waals surface area contributed by atoms with E-state index in [9.17, 15) is 0 Å². The molecule has 1 unspecified atom stereocenters. The van der Waals surface area contributed by atoms with Crippen LogP contribution in [0.25, 0.3) is 0 Å². The molecule has 0 radical (unpaired) electrons. The van der Waals surface area contributed by atoms with Crippen LogP contribution >= 0.6 is 0 Å². The molecule has 0 aromatic carbocycles. The van der Waals surface area contributed by atoms with E-state index in [0.29, 0.717) is 0 Å². The molecule has 1 aliphatic rings. The highest BCUT2D eigenvalue weighted by Crippen LogP contribution is 2.28. The number of aromatic amines is 1. The maximum absolute atomic E-state index is 8.76. The number of nitrogens with zero attached hydrogens (tertiary/aromatic N) is 2. The van der Waals surface area contributed by atoms with Gasteiger partial charge >= 0.3 is 0 Å². The average Bonchev–Trinajstić information content (AvgIpc) is 2.50. The minimum atomic E-state index is 0.0567. The number of nitrogens with one attached hydrogen (secondary N) is 1. The first-order valence-corrected chi connectivity index (χ1v) is 3.83. The number of aryl methyl sites for hydroxylation is 1.